The molecule has 8 heteroatoms. The molecule has 4 atom stereocenters. The van der Waals surface area contributed by atoms with E-state index in [1.165, 1.54) is 0 Å². The van der Waals surface area contributed by atoms with E-state index in [4.69, 9.17) is 19.9 Å². The highest BCUT2D eigenvalue weighted by Gasteiger charge is 2.51. The lowest BCUT2D eigenvalue weighted by Gasteiger charge is -2.35. The molecule has 2 aliphatic heterocycles. The topological polar surface area (TPSA) is 111 Å². The Labute approximate surface area is 241 Å². The Morgan fingerprint density at radius 2 is 1.61 bits per heavy atom. The van der Waals surface area contributed by atoms with Gasteiger partial charge in [-0.05, 0) is 78.8 Å². The summed E-state index contributed by atoms with van der Waals surface area (Å²) >= 11 is 0. The van der Waals surface area contributed by atoms with Gasteiger partial charge in [0, 0.05) is 18.5 Å². The van der Waals surface area contributed by atoms with Crippen LogP contribution in [0.4, 0.5) is 0 Å². The van der Waals surface area contributed by atoms with E-state index in [1.54, 1.807) is 0 Å². The second-order valence-electron chi connectivity index (χ2n) is 11.0. The summed E-state index contributed by atoms with van der Waals surface area (Å²) in [6, 6.07) is 17.7. The summed E-state index contributed by atoms with van der Waals surface area (Å²) in [5, 5.41) is 10.7. The fourth-order valence-electron chi connectivity index (χ4n) is 6.43. The number of fused-ring (bicyclic) bond motifs is 1. The van der Waals surface area contributed by atoms with Gasteiger partial charge in [-0.1, -0.05) is 50.2 Å². The Kier molecular flexibility index (Phi) is 8.22. The molecule has 41 heavy (non-hydrogen) atoms. The number of hydrogen-bond acceptors (Lipinski definition) is 6. The maximum atomic E-state index is 13.4. The summed E-state index contributed by atoms with van der Waals surface area (Å²) in [5.41, 5.74) is 10.8. The van der Waals surface area contributed by atoms with Crippen molar-refractivity contribution in [1.29, 1.82) is 0 Å². The third kappa shape index (κ3) is 5.48. The lowest BCUT2D eigenvalue weighted by molar-refractivity contribution is -0.143. The van der Waals surface area contributed by atoms with Gasteiger partial charge in [0.2, 0.25) is 12.7 Å². The Bertz CT molecular complexity index is 1400. The number of ether oxygens (including phenoxy) is 3. The monoisotopic (exact) mass is 558 g/mol. The molecular formula is C33H38N2O6. The molecule has 8 nitrogen and oxygen atoms in total. The molecular weight excluding hydrogens is 520 g/mol. The van der Waals surface area contributed by atoms with Gasteiger partial charge in [-0.2, -0.15) is 0 Å². The van der Waals surface area contributed by atoms with E-state index >= 15 is 0 Å². The van der Waals surface area contributed by atoms with Gasteiger partial charge in [-0.25, -0.2) is 0 Å². The molecule has 1 amide bonds. The molecule has 0 radical (unpaired) electrons. The van der Waals surface area contributed by atoms with E-state index in [9.17, 15) is 14.7 Å². The van der Waals surface area contributed by atoms with Crippen LogP contribution in [0, 0.1) is 5.92 Å². The van der Waals surface area contributed by atoms with Crippen molar-refractivity contribution in [2.75, 3.05) is 13.3 Å². The predicted molar refractivity (Wildman–Crippen MR) is 155 cm³/mol. The normalized spacial score (nSPS) is 20.8. The number of nitrogens with two attached hydrogens (primary N) is 1. The van der Waals surface area contributed by atoms with Crippen molar-refractivity contribution in [1.82, 2.24) is 4.90 Å². The van der Waals surface area contributed by atoms with Crippen molar-refractivity contribution in [3.05, 3.63) is 88.5 Å². The molecule has 0 spiro atoms. The van der Waals surface area contributed by atoms with E-state index in [0.717, 1.165) is 40.7 Å². The van der Waals surface area contributed by atoms with Gasteiger partial charge in [-0.15, -0.1) is 0 Å². The van der Waals surface area contributed by atoms with Crippen molar-refractivity contribution in [3.8, 4) is 17.2 Å². The average molecular weight is 559 g/mol. The number of nitrogens with zero attached hydrogens (tertiary/aromatic N) is 1. The van der Waals surface area contributed by atoms with E-state index in [0.29, 0.717) is 23.8 Å². The summed E-state index contributed by atoms with van der Waals surface area (Å²) in [6.07, 6.45) is 1.45. The molecule has 1 saturated heterocycles. The van der Waals surface area contributed by atoms with Crippen molar-refractivity contribution in [2.45, 2.75) is 64.6 Å². The lowest BCUT2D eigenvalue weighted by Crippen LogP contribution is -2.40. The predicted octanol–water partition coefficient (Wildman–Crippen LogP) is 5.40. The van der Waals surface area contributed by atoms with E-state index in [1.807, 2.05) is 79.4 Å². The first-order valence-corrected chi connectivity index (χ1v) is 14.3. The molecule has 1 fully saturated rings. The summed E-state index contributed by atoms with van der Waals surface area (Å²) in [4.78, 5) is 28.5. The van der Waals surface area contributed by atoms with Crippen LogP contribution in [0.25, 0.3) is 0 Å². The van der Waals surface area contributed by atoms with E-state index < -0.39 is 35.8 Å². The number of amides is 1. The highest BCUT2D eigenvalue weighted by Crippen LogP contribution is 2.51. The van der Waals surface area contributed by atoms with Crippen LogP contribution in [0.2, 0.25) is 0 Å². The second-order valence-corrected chi connectivity index (χ2v) is 11.0. The second kappa shape index (κ2) is 11.8. The van der Waals surface area contributed by atoms with Gasteiger partial charge in [-0.3, -0.25) is 14.5 Å². The van der Waals surface area contributed by atoms with Crippen LogP contribution in [0.15, 0.2) is 60.7 Å². The molecule has 216 valence electrons. The molecule has 0 bridgehead atoms. The molecule has 2 aliphatic rings. The minimum absolute atomic E-state index is 0.00300. The SMILES string of the molecule is CCc1cccc(CC)c1C(C(N)=O)N1CC(c2ccc3c(c2)OCO3)C(C(=O)O)C1c1ccc(OC(C)C)cc1. The molecule has 0 aliphatic carbocycles. The quantitative estimate of drug-likeness (QED) is 0.343. The van der Waals surface area contributed by atoms with E-state index in [-0.39, 0.29) is 12.9 Å². The number of benzene rings is 3. The minimum Gasteiger partial charge on any atom is -0.491 e. The summed E-state index contributed by atoms with van der Waals surface area (Å²) in [7, 11) is 0. The third-order valence-corrected chi connectivity index (χ3v) is 8.16. The molecule has 5 rings (SSSR count). The van der Waals surface area contributed by atoms with Gasteiger partial charge in [0.15, 0.2) is 11.5 Å². The number of carboxylic acid groups (broad SMARTS) is 1. The van der Waals surface area contributed by atoms with Crippen molar-refractivity contribution in [3.63, 3.8) is 0 Å². The first kappa shape index (κ1) is 28.5. The number of aryl methyl sites for hydroxylation is 2. The van der Waals surface area contributed by atoms with Gasteiger partial charge in [0.05, 0.1) is 12.0 Å². The lowest BCUT2D eigenvalue weighted by atomic mass is 9.82. The zero-order valence-corrected chi connectivity index (χ0v) is 24.0. The molecule has 0 saturated carbocycles. The van der Waals surface area contributed by atoms with Crippen molar-refractivity contribution < 1.29 is 28.9 Å². The van der Waals surface area contributed by atoms with Crippen LogP contribution >= 0.6 is 0 Å². The number of hydrogen-bond donors (Lipinski definition) is 2. The number of aliphatic carboxylic acids is 1. The molecule has 3 aromatic rings. The zero-order chi connectivity index (χ0) is 29.3. The maximum absolute atomic E-state index is 13.4. The smallest absolute Gasteiger partial charge is 0.309 e. The largest absolute Gasteiger partial charge is 0.491 e. The van der Waals surface area contributed by atoms with Gasteiger partial charge < -0.3 is 25.1 Å². The molecule has 2 heterocycles. The maximum Gasteiger partial charge on any atom is 0.309 e. The molecule has 0 aromatic heterocycles. The number of carboxylic acids is 1. The molecule has 3 aromatic carbocycles. The average Bonchev–Trinajstić information content (AvgIpc) is 3.58. The minimum atomic E-state index is -0.939. The van der Waals surface area contributed by atoms with Crippen LogP contribution in [-0.4, -0.2) is 41.3 Å². The number of carbonyl (C=O) groups excluding carboxylic acids is 1. The molecule has 3 N–H and O–H groups in total. The number of primary amides is 1. The summed E-state index contributed by atoms with van der Waals surface area (Å²) in [5.74, 6) is -0.804. The highest BCUT2D eigenvalue weighted by molar-refractivity contribution is 5.83. The van der Waals surface area contributed by atoms with Crippen molar-refractivity contribution >= 4 is 11.9 Å². The Balaban J connectivity index is 1.67. The Hall–Kier alpha value is -4.04. The van der Waals surface area contributed by atoms with Gasteiger partial charge in [0.25, 0.3) is 0 Å². The fourth-order valence-corrected chi connectivity index (χ4v) is 6.43. The van der Waals surface area contributed by atoms with Gasteiger partial charge in [0.1, 0.15) is 11.8 Å². The third-order valence-electron chi connectivity index (χ3n) is 8.16. The Morgan fingerprint density at radius 3 is 2.20 bits per heavy atom. The summed E-state index contributed by atoms with van der Waals surface area (Å²) < 4.78 is 17.0. The molecule has 4 unspecified atom stereocenters. The highest BCUT2D eigenvalue weighted by atomic mass is 16.7. The standard InChI is InChI=1S/C33H38N2O6/c1-5-20-8-7-9-21(6-2)28(20)31(32(34)36)35-17-25(23-12-15-26-27(16-23)40-18-39-26)29(33(37)38)30(35)22-10-13-24(14-11-22)41-19(3)4/h7-16,19,25,29-31H,5-6,17-18H2,1-4H3,(H2,34,36)(H,37,38). The number of carbonyl (C=O) groups is 2. The number of likely N-dealkylation sites (tertiary alicyclic amines) is 1. The fraction of sp³-hybridized carbons (Fsp3) is 0.394. The van der Waals surface area contributed by atoms with Gasteiger partial charge >= 0.3 is 5.97 Å². The summed E-state index contributed by atoms with van der Waals surface area (Å²) in [6.45, 7) is 8.47. The van der Waals surface area contributed by atoms with Crippen LogP contribution < -0.4 is 19.9 Å². The van der Waals surface area contributed by atoms with E-state index in [2.05, 4.69) is 13.8 Å². The van der Waals surface area contributed by atoms with Crippen molar-refractivity contribution in [2.24, 2.45) is 11.7 Å². The first-order valence-electron chi connectivity index (χ1n) is 14.3. The van der Waals surface area contributed by atoms with Crippen LogP contribution in [0.1, 0.15) is 73.5 Å². The van der Waals surface area contributed by atoms with Crippen LogP contribution in [0.3, 0.4) is 0 Å². The Morgan fingerprint density at radius 1 is 0.976 bits per heavy atom. The first-order chi connectivity index (χ1) is 19.7. The number of rotatable bonds is 10. The van der Waals surface area contributed by atoms with Crippen LogP contribution in [-0.2, 0) is 22.4 Å². The van der Waals surface area contributed by atoms with Crippen LogP contribution in [0.5, 0.6) is 17.2 Å². The zero-order valence-electron chi connectivity index (χ0n) is 24.0.